The fraction of sp³-hybridized carbons (Fsp3) is 0.538. The second-order valence-corrected chi connectivity index (χ2v) is 4.75. The number of hydrogen-bond acceptors (Lipinski definition) is 5. The highest BCUT2D eigenvalue weighted by molar-refractivity contribution is 5.92. The lowest BCUT2D eigenvalue weighted by Gasteiger charge is -2.23. The quantitative estimate of drug-likeness (QED) is 0.803. The van der Waals surface area contributed by atoms with Crippen LogP contribution in [-0.4, -0.2) is 52.3 Å². The van der Waals surface area contributed by atoms with Crippen LogP contribution in [0.1, 0.15) is 30.8 Å². The molecular weight excluding hydrogens is 262 g/mol. The molecule has 1 aromatic rings. The monoisotopic (exact) mass is 281 g/mol. The maximum Gasteiger partial charge on any atom is 0.305 e. The summed E-state index contributed by atoms with van der Waals surface area (Å²) in [6, 6.07) is 3.06. The molecule has 7 nitrogen and oxygen atoms in total. The number of aliphatic carboxylic acids is 1. The maximum absolute atomic E-state index is 12.3. The molecule has 0 aliphatic heterocycles. The Morgan fingerprint density at radius 2 is 2.05 bits per heavy atom. The average Bonchev–Trinajstić information content (AvgIpc) is 2.42. The van der Waals surface area contributed by atoms with Crippen LogP contribution in [0.2, 0.25) is 0 Å². The highest BCUT2D eigenvalue weighted by Gasteiger charge is 2.19. The Hall–Kier alpha value is -2.18. The summed E-state index contributed by atoms with van der Waals surface area (Å²) in [6.45, 7) is 4.54. The van der Waals surface area contributed by atoms with Crippen molar-refractivity contribution in [2.24, 2.45) is 5.92 Å². The van der Waals surface area contributed by atoms with Crippen LogP contribution in [0.15, 0.2) is 12.1 Å². The van der Waals surface area contributed by atoms with E-state index in [1.54, 1.807) is 6.07 Å². The van der Waals surface area contributed by atoms with E-state index in [1.807, 2.05) is 13.8 Å². The molecule has 0 radical (unpaired) electrons. The molecule has 1 N–H and O–H groups in total. The summed E-state index contributed by atoms with van der Waals surface area (Å²) in [5, 5.41) is 16.3. The van der Waals surface area contributed by atoms with E-state index in [0.29, 0.717) is 12.4 Å². The normalized spacial score (nSPS) is 10.4. The van der Waals surface area contributed by atoms with E-state index < -0.39 is 5.97 Å². The first-order valence-corrected chi connectivity index (χ1v) is 6.32. The molecule has 0 unspecified atom stereocenters. The molecule has 20 heavy (non-hydrogen) atoms. The Labute approximate surface area is 117 Å². The molecule has 0 saturated carbocycles. The zero-order chi connectivity index (χ0) is 15.1. The van der Waals surface area contributed by atoms with E-state index in [9.17, 15) is 9.59 Å². The summed E-state index contributed by atoms with van der Waals surface area (Å²) < 4.78 is 4.88. The average molecular weight is 281 g/mol. The van der Waals surface area contributed by atoms with Crippen molar-refractivity contribution in [2.45, 2.75) is 20.3 Å². The molecule has 7 heteroatoms. The van der Waals surface area contributed by atoms with Gasteiger partial charge in [0.15, 0.2) is 5.69 Å². The molecule has 1 aromatic heterocycles. The Kier molecular flexibility index (Phi) is 5.89. The summed E-state index contributed by atoms with van der Waals surface area (Å²) in [5.74, 6) is -0.705. The molecule has 0 saturated heterocycles. The fourth-order valence-corrected chi connectivity index (χ4v) is 1.65. The number of amides is 1. The number of carboxylic acids is 1. The second kappa shape index (κ2) is 7.42. The fourth-order valence-electron chi connectivity index (χ4n) is 1.65. The van der Waals surface area contributed by atoms with Crippen molar-refractivity contribution in [3.05, 3.63) is 17.8 Å². The number of aromatic nitrogens is 2. The predicted molar refractivity (Wildman–Crippen MR) is 71.6 cm³/mol. The van der Waals surface area contributed by atoms with E-state index in [-0.39, 0.29) is 30.5 Å². The molecule has 0 bridgehead atoms. The van der Waals surface area contributed by atoms with E-state index in [0.717, 1.165) is 0 Å². The topological polar surface area (TPSA) is 92.6 Å². The predicted octanol–water partition coefficient (Wildman–Crippen LogP) is 1.06. The number of ether oxygens (including phenoxy) is 1. The van der Waals surface area contributed by atoms with Crippen molar-refractivity contribution in [3.8, 4) is 5.88 Å². The largest absolute Gasteiger partial charge is 0.481 e. The molecule has 0 spiro atoms. The lowest BCUT2D eigenvalue weighted by molar-refractivity contribution is -0.137. The van der Waals surface area contributed by atoms with Crippen LogP contribution < -0.4 is 4.74 Å². The van der Waals surface area contributed by atoms with Crippen LogP contribution in [-0.2, 0) is 4.79 Å². The van der Waals surface area contributed by atoms with Gasteiger partial charge in [0.25, 0.3) is 5.91 Å². The van der Waals surface area contributed by atoms with Gasteiger partial charge in [-0.3, -0.25) is 9.59 Å². The Morgan fingerprint density at radius 3 is 2.50 bits per heavy atom. The van der Waals surface area contributed by atoms with Crippen LogP contribution in [0.5, 0.6) is 5.88 Å². The molecule has 0 atom stereocenters. The third-order valence-electron chi connectivity index (χ3n) is 2.54. The van der Waals surface area contributed by atoms with Crippen LogP contribution in [0.25, 0.3) is 0 Å². The zero-order valence-electron chi connectivity index (χ0n) is 11.9. The zero-order valence-corrected chi connectivity index (χ0v) is 11.9. The van der Waals surface area contributed by atoms with Gasteiger partial charge < -0.3 is 14.7 Å². The van der Waals surface area contributed by atoms with Crippen molar-refractivity contribution in [1.29, 1.82) is 0 Å². The Balaban J connectivity index is 2.81. The lowest BCUT2D eigenvalue weighted by Crippen LogP contribution is -2.36. The van der Waals surface area contributed by atoms with Crippen molar-refractivity contribution in [2.75, 3.05) is 20.2 Å². The van der Waals surface area contributed by atoms with Crippen molar-refractivity contribution >= 4 is 11.9 Å². The molecule has 0 aliphatic carbocycles. The van der Waals surface area contributed by atoms with E-state index in [4.69, 9.17) is 9.84 Å². The van der Waals surface area contributed by atoms with E-state index >= 15 is 0 Å². The van der Waals surface area contributed by atoms with E-state index in [1.165, 1.54) is 18.1 Å². The number of rotatable bonds is 7. The van der Waals surface area contributed by atoms with Gasteiger partial charge in [-0.2, -0.15) is 0 Å². The number of nitrogens with zero attached hydrogens (tertiary/aromatic N) is 3. The van der Waals surface area contributed by atoms with Crippen molar-refractivity contribution in [1.82, 2.24) is 15.1 Å². The maximum atomic E-state index is 12.3. The molecule has 0 aliphatic rings. The first-order chi connectivity index (χ1) is 9.43. The van der Waals surface area contributed by atoms with Crippen molar-refractivity contribution in [3.63, 3.8) is 0 Å². The highest BCUT2D eigenvalue weighted by Crippen LogP contribution is 2.09. The van der Waals surface area contributed by atoms with Crippen molar-refractivity contribution < 1.29 is 19.4 Å². The number of hydrogen-bond donors (Lipinski definition) is 1. The molecule has 0 aromatic carbocycles. The van der Waals surface area contributed by atoms with Gasteiger partial charge in [0.05, 0.1) is 13.5 Å². The SMILES string of the molecule is COc1ccc(C(=O)N(CCC(=O)O)CC(C)C)nn1. The van der Waals surface area contributed by atoms with Gasteiger partial charge in [0.2, 0.25) is 5.88 Å². The van der Waals surface area contributed by atoms with Crippen LogP contribution in [0.4, 0.5) is 0 Å². The second-order valence-electron chi connectivity index (χ2n) is 4.75. The van der Waals surface area contributed by atoms with Crippen LogP contribution in [0, 0.1) is 5.92 Å². The Bertz CT molecular complexity index is 459. The summed E-state index contributed by atoms with van der Waals surface area (Å²) >= 11 is 0. The minimum absolute atomic E-state index is 0.0952. The number of carbonyl (C=O) groups is 2. The number of carbonyl (C=O) groups excluding carboxylic acids is 1. The van der Waals surface area contributed by atoms with Crippen LogP contribution in [0.3, 0.4) is 0 Å². The van der Waals surface area contributed by atoms with Gasteiger partial charge in [-0.05, 0) is 12.0 Å². The van der Waals surface area contributed by atoms with Gasteiger partial charge in [-0.15, -0.1) is 10.2 Å². The summed E-state index contributed by atoms with van der Waals surface area (Å²) in [7, 11) is 1.46. The molecule has 1 rings (SSSR count). The van der Waals surface area contributed by atoms with E-state index in [2.05, 4.69) is 10.2 Å². The van der Waals surface area contributed by atoms with Gasteiger partial charge >= 0.3 is 5.97 Å². The lowest BCUT2D eigenvalue weighted by atomic mass is 10.2. The van der Waals surface area contributed by atoms with Gasteiger partial charge in [0, 0.05) is 19.2 Å². The first kappa shape index (κ1) is 15.9. The summed E-state index contributed by atoms with van der Waals surface area (Å²) in [6.07, 6.45) is -0.0952. The summed E-state index contributed by atoms with van der Waals surface area (Å²) in [5.41, 5.74) is 0.178. The molecule has 1 amide bonds. The smallest absolute Gasteiger partial charge is 0.305 e. The van der Waals surface area contributed by atoms with Gasteiger partial charge in [0.1, 0.15) is 0 Å². The Morgan fingerprint density at radius 1 is 1.35 bits per heavy atom. The van der Waals surface area contributed by atoms with Crippen LogP contribution >= 0.6 is 0 Å². The third kappa shape index (κ3) is 4.83. The molecule has 0 fully saturated rings. The highest BCUT2D eigenvalue weighted by atomic mass is 16.5. The minimum Gasteiger partial charge on any atom is -0.481 e. The molecule has 1 heterocycles. The number of methoxy groups -OCH3 is 1. The molecular formula is C13H19N3O4. The summed E-state index contributed by atoms with van der Waals surface area (Å²) in [4.78, 5) is 24.4. The molecule has 110 valence electrons. The first-order valence-electron chi connectivity index (χ1n) is 6.32. The van der Waals surface area contributed by atoms with Gasteiger partial charge in [-0.25, -0.2) is 0 Å². The van der Waals surface area contributed by atoms with Gasteiger partial charge in [-0.1, -0.05) is 13.8 Å². The third-order valence-corrected chi connectivity index (χ3v) is 2.54. The minimum atomic E-state index is -0.938. The standard InChI is InChI=1S/C13H19N3O4/c1-9(2)8-16(7-6-12(17)18)13(19)10-4-5-11(20-3)15-14-10/h4-5,9H,6-8H2,1-3H3,(H,17,18). The number of carboxylic acid groups (broad SMARTS) is 1.